The van der Waals surface area contributed by atoms with Crippen molar-refractivity contribution in [2.24, 2.45) is 5.73 Å². The van der Waals surface area contributed by atoms with E-state index in [1.165, 1.54) is 0 Å². The average molecular weight is 242 g/mol. The second kappa shape index (κ2) is 3.95. The van der Waals surface area contributed by atoms with E-state index in [-0.39, 0.29) is 17.6 Å². The van der Waals surface area contributed by atoms with Crippen LogP contribution >= 0.6 is 0 Å². The number of rotatable bonds is 2. The van der Waals surface area contributed by atoms with Crippen LogP contribution < -0.4 is 11.5 Å². The van der Waals surface area contributed by atoms with Crippen molar-refractivity contribution in [1.82, 2.24) is 14.8 Å². The molecule has 17 heavy (non-hydrogen) atoms. The van der Waals surface area contributed by atoms with Crippen LogP contribution in [-0.4, -0.2) is 49.1 Å². The molecule has 94 valence electrons. The predicted octanol–water partition coefficient (Wildman–Crippen LogP) is -2.22. The van der Waals surface area contributed by atoms with Crippen molar-refractivity contribution in [3.05, 3.63) is 5.82 Å². The number of nitrogens with two attached hydrogens (primary N) is 2. The van der Waals surface area contributed by atoms with Gasteiger partial charge in [0.05, 0.1) is 6.10 Å². The maximum Gasteiger partial charge on any atom is 0.221 e. The molecule has 2 heterocycles. The zero-order chi connectivity index (χ0) is 12.7. The first-order chi connectivity index (χ1) is 7.91. The molecule has 0 saturated carbocycles. The van der Waals surface area contributed by atoms with Crippen LogP contribution in [0.15, 0.2) is 0 Å². The molecule has 0 aliphatic carbocycles. The van der Waals surface area contributed by atoms with E-state index in [0.29, 0.717) is 0 Å². The van der Waals surface area contributed by atoms with Gasteiger partial charge in [0.2, 0.25) is 11.8 Å². The molecule has 4 atom stereocenters. The number of hydrogen-bond donors (Lipinski definition) is 5. The van der Waals surface area contributed by atoms with Gasteiger partial charge in [0.15, 0.2) is 12.1 Å². The third-order valence-corrected chi connectivity index (χ3v) is 2.62. The molecule has 1 aromatic heterocycles. The molecule has 1 fully saturated rings. The maximum atomic E-state index is 9.75. The molecule has 2 rings (SSSR count). The van der Waals surface area contributed by atoms with Crippen LogP contribution in [0.4, 0.5) is 5.95 Å². The third-order valence-electron chi connectivity index (χ3n) is 2.62. The number of aliphatic hydroxyl groups excluding tert-OH is 2. The fraction of sp³-hybridized carbons (Fsp3) is 0.625. The predicted molar refractivity (Wildman–Crippen MR) is 57.0 cm³/mol. The van der Waals surface area contributed by atoms with E-state index in [1.807, 2.05) is 0 Å². The lowest BCUT2D eigenvalue weighted by Crippen LogP contribution is -2.31. The van der Waals surface area contributed by atoms with E-state index in [9.17, 15) is 10.2 Å². The highest BCUT2D eigenvalue weighted by Crippen LogP contribution is 2.29. The van der Waals surface area contributed by atoms with Gasteiger partial charge in [0, 0.05) is 0 Å². The summed E-state index contributed by atoms with van der Waals surface area (Å²) in [6.07, 6.45) is -3.65. The second-order valence-corrected chi connectivity index (χ2v) is 3.86. The van der Waals surface area contributed by atoms with E-state index in [1.54, 1.807) is 6.92 Å². The Labute approximate surface area is 96.5 Å². The number of nitrogens with zero attached hydrogens (tertiary/aromatic N) is 3. The lowest BCUT2D eigenvalue weighted by Gasteiger charge is -2.15. The van der Waals surface area contributed by atoms with E-state index in [0.717, 1.165) is 4.68 Å². The van der Waals surface area contributed by atoms with Crippen molar-refractivity contribution in [2.75, 3.05) is 5.73 Å². The highest BCUT2D eigenvalue weighted by molar-refractivity contribution is 5.91. The average Bonchev–Trinajstić information content (AvgIpc) is 2.75. The number of aliphatic hydroxyl groups is 2. The Morgan fingerprint density at radius 2 is 2.12 bits per heavy atom. The summed E-state index contributed by atoms with van der Waals surface area (Å²) in [5.74, 6) is -0.426. The van der Waals surface area contributed by atoms with Crippen molar-refractivity contribution < 1.29 is 14.9 Å². The maximum absolute atomic E-state index is 9.75. The second-order valence-electron chi connectivity index (χ2n) is 3.86. The quantitative estimate of drug-likeness (QED) is 0.290. The Morgan fingerprint density at radius 3 is 2.53 bits per heavy atom. The normalized spacial score (nSPS) is 32.9. The molecule has 0 amide bonds. The number of nitrogens with one attached hydrogen (secondary N) is 1. The lowest BCUT2D eigenvalue weighted by atomic mass is 10.1. The molecular formula is C8H14N6O3. The molecule has 1 aromatic rings. The molecule has 1 aliphatic rings. The first kappa shape index (κ1) is 11.8. The van der Waals surface area contributed by atoms with Gasteiger partial charge in [-0.05, 0) is 6.92 Å². The smallest absolute Gasteiger partial charge is 0.221 e. The number of anilines is 1. The fourth-order valence-electron chi connectivity index (χ4n) is 1.67. The van der Waals surface area contributed by atoms with Gasteiger partial charge in [-0.15, -0.1) is 5.10 Å². The number of hydrogen-bond acceptors (Lipinski definition) is 7. The summed E-state index contributed by atoms with van der Waals surface area (Å²) in [6.45, 7) is 1.62. The van der Waals surface area contributed by atoms with Gasteiger partial charge in [0.25, 0.3) is 0 Å². The van der Waals surface area contributed by atoms with E-state index >= 15 is 0 Å². The van der Waals surface area contributed by atoms with Crippen molar-refractivity contribution in [3.8, 4) is 0 Å². The molecule has 9 heteroatoms. The van der Waals surface area contributed by atoms with Gasteiger partial charge in [-0.1, -0.05) is 0 Å². The van der Waals surface area contributed by atoms with Crippen LogP contribution in [0.3, 0.4) is 0 Å². The molecule has 0 aromatic carbocycles. The summed E-state index contributed by atoms with van der Waals surface area (Å²) in [5.41, 5.74) is 10.8. The molecule has 1 unspecified atom stereocenters. The van der Waals surface area contributed by atoms with Gasteiger partial charge >= 0.3 is 0 Å². The summed E-state index contributed by atoms with van der Waals surface area (Å²) in [4.78, 5) is 3.75. The van der Waals surface area contributed by atoms with Gasteiger partial charge in [-0.2, -0.15) is 9.67 Å². The molecule has 0 radical (unpaired) electrons. The molecule has 1 aliphatic heterocycles. The summed E-state index contributed by atoms with van der Waals surface area (Å²) in [5, 5.41) is 30.3. The summed E-state index contributed by atoms with van der Waals surface area (Å²) >= 11 is 0. The highest BCUT2D eigenvalue weighted by Gasteiger charge is 2.42. The molecular weight excluding hydrogens is 228 g/mol. The Morgan fingerprint density at radius 1 is 1.47 bits per heavy atom. The van der Waals surface area contributed by atoms with E-state index in [2.05, 4.69) is 10.1 Å². The Balaban J connectivity index is 2.32. The largest absolute Gasteiger partial charge is 0.388 e. The Kier molecular flexibility index (Phi) is 2.73. The van der Waals surface area contributed by atoms with Gasteiger partial charge in [-0.25, -0.2) is 0 Å². The molecule has 0 bridgehead atoms. The minimum atomic E-state index is -1.16. The van der Waals surface area contributed by atoms with Crippen LogP contribution in [0.25, 0.3) is 0 Å². The first-order valence-electron chi connectivity index (χ1n) is 5.00. The molecule has 9 nitrogen and oxygen atoms in total. The van der Waals surface area contributed by atoms with Crippen molar-refractivity contribution in [1.29, 1.82) is 5.41 Å². The Hall–Kier alpha value is -1.71. The van der Waals surface area contributed by atoms with Gasteiger partial charge in [0.1, 0.15) is 12.2 Å². The highest BCUT2D eigenvalue weighted by atomic mass is 16.6. The lowest BCUT2D eigenvalue weighted by molar-refractivity contribution is -0.0383. The van der Waals surface area contributed by atoms with Crippen LogP contribution in [0.1, 0.15) is 19.0 Å². The van der Waals surface area contributed by atoms with E-state index in [4.69, 9.17) is 21.6 Å². The van der Waals surface area contributed by atoms with Crippen LogP contribution in [0.5, 0.6) is 0 Å². The summed E-state index contributed by atoms with van der Waals surface area (Å²) in [6, 6.07) is 0. The SMILES string of the molecule is C[C@H]1OC(n2nc(C(=N)N)nc2N)[C@H](O)[C@@H]1O. The number of ether oxygens (including phenoxy) is 1. The van der Waals surface area contributed by atoms with Crippen LogP contribution in [0.2, 0.25) is 0 Å². The minimum Gasteiger partial charge on any atom is -0.388 e. The Bertz CT molecular complexity index is 446. The third kappa shape index (κ3) is 1.84. The van der Waals surface area contributed by atoms with Crippen molar-refractivity contribution in [2.45, 2.75) is 31.5 Å². The fourth-order valence-corrected chi connectivity index (χ4v) is 1.67. The minimum absolute atomic E-state index is 0.0412. The zero-order valence-electron chi connectivity index (χ0n) is 9.11. The topological polar surface area (TPSA) is 156 Å². The number of amidine groups is 1. The monoisotopic (exact) mass is 242 g/mol. The summed E-state index contributed by atoms with van der Waals surface area (Å²) < 4.78 is 6.42. The molecule has 1 saturated heterocycles. The molecule has 0 spiro atoms. The van der Waals surface area contributed by atoms with Gasteiger partial charge < -0.3 is 26.4 Å². The number of aromatic nitrogens is 3. The standard InChI is InChI=1S/C8H14N6O3/c1-2-3(15)4(16)7(17-2)14-8(11)12-6(13-14)5(9)10/h2-4,7,15-16H,1H3,(H3,9,10)(H2,11,12,13)/t2-,3-,4-,7?/m1/s1. The molecule has 7 N–H and O–H groups in total. The number of nitrogen functional groups attached to an aromatic ring is 2. The van der Waals surface area contributed by atoms with Crippen LogP contribution in [0, 0.1) is 5.41 Å². The van der Waals surface area contributed by atoms with E-state index < -0.39 is 24.5 Å². The first-order valence-corrected chi connectivity index (χ1v) is 5.00. The summed E-state index contributed by atoms with van der Waals surface area (Å²) in [7, 11) is 0. The zero-order valence-corrected chi connectivity index (χ0v) is 9.11. The van der Waals surface area contributed by atoms with Crippen molar-refractivity contribution >= 4 is 11.8 Å². The van der Waals surface area contributed by atoms with Crippen molar-refractivity contribution in [3.63, 3.8) is 0 Å². The van der Waals surface area contributed by atoms with Crippen LogP contribution in [-0.2, 0) is 4.74 Å². The van der Waals surface area contributed by atoms with Gasteiger partial charge in [-0.3, -0.25) is 5.41 Å².